The van der Waals surface area contributed by atoms with Crippen molar-refractivity contribution in [2.45, 2.75) is 33.1 Å². The van der Waals surface area contributed by atoms with E-state index in [4.69, 9.17) is 0 Å². The molecule has 0 saturated carbocycles. The molecule has 68 valence electrons. The van der Waals surface area contributed by atoms with E-state index < -0.39 is 0 Å². The summed E-state index contributed by atoms with van der Waals surface area (Å²) >= 11 is 2.52. The molecule has 0 fully saturated rings. The zero-order valence-corrected chi connectivity index (χ0v) is 10.1. The summed E-state index contributed by atoms with van der Waals surface area (Å²) in [7, 11) is 0. The van der Waals surface area contributed by atoms with E-state index in [1.54, 1.807) is 9.15 Å². The van der Waals surface area contributed by atoms with E-state index in [9.17, 15) is 0 Å². The summed E-state index contributed by atoms with van der Waals surface area (Å²) in [5.41, 5.74) is 1.56. The summed E-state index contributed by atoms with van der Waals surface area (Å²) in [6.07, 6.45) is 6.04. The number of allylic oxidation sites excluding steroid dienone is 3. The molecule has 1 heteroatoms. The van der Waals surface area contributed by atoms with Gasteiger partial charge in [-0.25, -0.2) is 0 Å². The number of hydrogen-bond acceptors (Lipinski definition) is 0. The first-order chi connectivity index (χ1) is 5.70. The normalized spacial score (nSPS) is 30.6. The van der Waals surface area contributed by atoms with E-state index in [-0.39, 0.29) is 0 Å². The van der Waals surface area contributed by atoms with E-state index in [2.05, 4.69) is 49.1 Å². The van der Waals surface area contributed by atoms with Crippen molar-refractivity contribution in [3.05, 3.63) is 21.8 Å². The van der Waals surface area contributed by atoms with Crippen LogP contribution in [0.1, 0.15) is 33.1 Å². The maximum atomic E-state index is 3.88. The molecule has 0 bridgehead atoms. The van der Waals surface area contributed by atoms with Crippen molar-refractivity contribution in [1.82, 2.24) is 0 Å². The fourth-order valence-corrected chi connectivity index (χ4v) is 3.05. The molecule has 0 aromatic heterocycles. The number of rotatable bonds is 2. The highest BCUT2D eigenvalue weighted by atomic mass is 127. The van der Waals surface area contributed by atoms with Crippen LogP contribution in [0.25, 0.3) is 0 Å². The Labute approximate surface area is 89.3 Å². The summed E-state index contributed by atoms with van der Waals surface area (Å²) < 4.78 is 1.59. The van der Waals surface area contributed by atoms with E-state index in [0.717, 1.165) is 5.92 Å². The van der Waals surface area contributed by atoms with Gasteiger partial charge in [0.1, 0.15) is 0 Å². The molecule has 2 atom stereocenters. The van der Waals surface area contributed by atoms with E-state index in [1.807, 2.05) is 0 Å². The zero-order valence-electron chi connectivity index (χ0n) is 7.94. The summed E-state index contributed by atoms with van der Waals surface area (Å²) in [6, 6.07) is 0. The van der Waals surface area contributed by atoms with Crippen LogP contribution in [0.5, 0.6) is 0 Å². The van der Waals surface area contributed by atoms with E-state index in [0.29, 0.717) is 5.92 Å². The van der Waals surface area contributed by atoms with Gasteiger partial charge in [0.05, 0.1) is 0 Å². The third-order valence-electron chi connectivity index (χ3n) is 2.89. The quantitative estimate of drug-likeness (QED) is 0.520. The predicted octanol–water partition coefficient (Wildman–Crippen LogP) is 4.32. The lowest BCUT2D eigenvalue weighted by molar-refractivity contribution is 0.467. The summed E-state index contributed by atoms with van der Waals surface area (Å²) in [4.78, 5) is 0. The second-order valence-electron chi connectivity index (χ2n) is 3.56. The van der Waals surface area contributed by atoms with Crippen molar-refractivity contribution < 1.29 is 0 Å². The lowest BCUT2D eigenvalue weighted by Crippen LogP contribution is -2.13. The Morgan fingerprint density at radius 2 is 2.25 bits per heavy atom. The molecular weight excluding hydrogens is 259 g/mol. The molecule has 0 aliphatic heterocycles. The molecule has 2 unspecified atom stereocenters. The first kappa shape index (κ1) is 10.3. The second kappa shape index (κ2) is 4.45. The van der Waals surface area contributed by atoms with Gasteiger partial charge in [0.2, 0.25) is 0 Å². The third kappa shape index (κ3) is 1.93. The van der Waals surface area contributed by atoms with Gasteiger partial charge in [-0.1, -0.05) is 18.6 Å². The monoisotopic (exact) mass is 276 g/mol. The van der Waals surface area contributed by atoms with Crippen molar-refractivity contribution in [2.24, 2.45) is 11.8 Å². The van der Waals surface area contributed by atoms with Crippen LogP contribution in [-0.2, 0) is 0 Å². The van der Waals surface area contributed by atoms with Crippen LogP contribution < -0.4 is 0 Å². The van der Waals surface area contributed by atoms with Gasteiger partial charge in [-0.15, -0.1) is 6.58 Å². The molecule has 0 aromatic rings. The largest absolute Gasteiger partial charge is 0.102 e. The highest BCUT2D eigenvalue weighted by Gasteiger charge is 2.22. The fourth-order valence-electron chi connectivity index (χ4n) is 1.90. The molecule has 0 radical (unpaired) electrons. The minimum atomic E-state index is 0.652. The van der Waals surface area contributed by atoms with Crippen molar-refractivity contribution >= 4 is 22.6 Å². The first-order valence-corrected chi connectivity index (χ1v) is 5.77. The average molecular weight is 276 g/mol. The van der Waals surface area contributed by atoms with Crippen LogP contribution in [0.15, 0.2) is 21.8 Å². The molecule has 0 amide bonds. The Morgan fingerprint density at radius 1 is 1.58 bits per heavy atom. The van der Waals surface area contributed by atoms with Crippen molar-refractivity contribution in [2.75, 3.05) is 0 Å². The second-order valence-corrected chi connectivity index (χ2v) is 4.72. The van der Waals surface area contributed by atoms with Crippen molar-refractivity contribution in [1.29, 1.82) is 0 Å². The molecule has 12 heavy (non-hydrogen) atoms. The molecule has 0 spiro atoms. The van der Waals surface area contributed by atoms with Gasteiger partial charge in [0.15, 0.2) is 0 Å². The smallest absolute Gasteiger partial charge is 0.00181 e. The Bertz CT molecular complexity index is 203. The Hall–Kier alpha value is 0.210. The minimum Gasteiger partial charge on any atom is -0.102 e. The van der Waals surface area contributed by atoms with Crippen LogP contribution in [0.4, 0.5) is 0 Å². The maximum Gasteiger partial charge on any atom is -0.00181 e. The minimum absolute atomic E-state index is 0.652. The van der Waals surface area contributed by atoms with E-state index >= 15 is 0 Å². The Balaban J connectivity index is 2.84. The average Bonchev–Trinajstić information content (AvgIpc) is 2.10. The van der Waals surface area contributed by atoms with Crippen molar-refractivity contribution in [3.8, 4) is 0 Å². The summed E-state index contributed by atoms with van der Waals surface area (Å²) in [5.74, 6) is 1.49. The molecule has 0 saturated heterocycles. The SMILES string of the molecule is C=CC1CCC(CC)C(I)=C1C. The first-order valence-electron chi connectivity index (χ1n) is 4.69. The number of hydrogen-bond donors (Lipinski definition) is 0. The van der Waals surface area contributed by atoms with Gasteiger partial charge in [-0.2, -0.15) is 0 Å². The Morgan fingerprint density at radius 3 is 2.75 bits per heavy atom. The van der Waals surface area contributed by atoms with Gasteiger partial charge in [0.25, 0.3) is 0 Å². The molecule has 0 nitrogen and oxygen atoms in total. The van der Waals surface area contributed by atoms with Crippen LogP contribution in [0, 0.1) is 11.8 Å². The van der Waals surface area contributed by atoms with Gasteiger partial charge in [0, 0.05) is 0 Å². The highest BCUT2D eigenvalue weighted by Crippen LogP contribution is 2.39. The summed E-state index contributed by atoms with van der Waals surface area (Å²) in [5, 5.41) is 0. The van der Waals surface area contributed by atoms with Gasteiger partial charge in [-0.05, 0) is 64.2 Å². The van der Waals surface area contributed by atoms with Gasteiger partial charge in [-0.3, -0.25) is 0 Å². The van der Waals surface area contributed by atoms with Crippen LogP contribution in [0.2, 0.25) is 0 Å². The Kier molecular flexibility index (Phi) is 3.81. The van der Waals surface area contributed by atoms with Crippen LogP contribution >= 0.6 is 22.6 Å². The molecule has 0 heterocycles. The molecule has 1 rings (SSSR count). The molecule has 0 aromatic carbocycles. The molecular formula is C11H17I. The topological polar surface area (TPSA) is 0 Å². The van der Waals surface area contributed by atoms with Gasteiger partial charge >= 0.3 is 0 Å². The van der Waals surface area contributed by atoms with Crippen molar-refractivity contribution in [3.63, 3.8) is 0 Å². The fraction of sp³-hybridized carbons (Fsp3) is 0.636. The lowest BCUT2D eigenvalue weighted by Gasteiger charge is -2.27. The van der Waals surface area contributed by atoms with Gasteiger partial charge < -0.3 is 0 Å². The van der Waals surface area contributed by atoms with E-state index in [1.165, 1.54) is 19.3 Å². The maximum absolute atomic E-state index is 3.88. The molecule has 1 aliphatic rings. The summed E-state index contributed by atoms with van der Waals surface area (Å²) in [6.45, 7) is 8.43. The predicted molar refractivity (Wildman–Crippen MR) is 63.4 cm³/mol. The van der Waals surface area contributed by atoms with Crippen LogP contribution in [-0.4, -0.2) is 0 Å². The highest BCUT2D eigenvalue weighted by molar-refractivity contribution is 14.1. The molecule has 0 N–H and O–H groups in total. The van der Waals surface area contributed by atoms with Crippen LogP contribution in [0.3, 0.4) is 0 Å². The third-order valence-corrected chi connectivity index (χ3v) is 4.63. The number of halogens is 1. The standard InChI is InChI=1S/C11H17I/c1-4-9-6-7-10(5-2)11(12)8(9)3/h4,9-10H,1,5-7H2,2-3H3. The molecule has 1 aliphatic carbocycles. The zero-order chi connectivity index (χ0) is 9.14. The lowest BCUT2D eigenvalue weighted by atomic mass is 9.82.